The Morgan fingerprint density at radius 1 is 1.10 bits per heavy atom. The fraction of sp³-hybridized carbons (Fsp3) is 0.174. The van der Waals surface area contributed by atoms with Crippen molar-refractivity contribution >= 4 is 32.6 Å². The van der Waals surface area contributed by atoms with Gasteiger partial charge in [0.1, 0.15) is 5.75 Å². The van der Waals surface area contributed by atoms with Crippen LogP contribution < -0.4 is 9.64 Å². The van der Waals surface area contributed by atoms with Crippen molar-refractivity contribution in [2.45, 2.75) is 19.9 Å². The first kappa shape index (κ1) is 19.1. The number of aryl methyl sites for hydroxylation is 1. The van der Waals surface area contributed by atoms with Gasteiger partial charge in [-0.15, -0.1) is 0 Å². The summed E-state index contributed by atoms with van der Waals surface area (Å²) in [6.45, 7) is 2.53. The summed E-state index contributed by atoms with van der Waals surface area (Å²) < 4.78 is 6.29. The largest absolute Gasteiger partial charge is 0.497 e. The Kier molecular flexibility index (Phi) is 5.53. The van der Waals surface area contributed by atoms with Gasteiger partial charge in [0.05, 0.1) is 23.9 Å². The molecule has 0 aliphatic rings. The lowest BCUT2D eigenvalue weighted by atomic mass is 10.1. The lowest BCUT2D eigenvalue weighted by molar-refractivity contribution is 0.0985. The number of hydrogen-bond acceptors (Lipinski definition) is 5. The molecule has 5 nitrogen and oxygen atoms in total. The summed E-state index contributed by atoms with van der Waals surface area (Å²) in [5.41, 5.74) is 3.69. The van der Waals surface area contributed by atoms with E-state index in [-0.39, 0.29) is 5.91 Å². The zero-order valence-corrected chi connectivity index (χ0v) is 17.1. The number of thiazole rings is 1. The fourth-order valence-corrected chi connectivity index (χ4v) is 4.11. The summed E-state index contributed by atoms with van der Waals surface area (Å²) >= 11 is 1.53. The highest BCUT2D eigenvalue weighted by atomic mass is 32.1. The smallest absolute Gasteiger partial charge is 0.260 e. The molecule has 29 heavy (non-hydrogen) atoms. The second-order valence-corrected chi connectivity index (χ2v) is 7.64. The van der Waals surface area contributed by atoms with Gasteiger partial charge in [0.25, 0.3) is 5.91 Å². The molecule has 0 saturated carbocycles. The van der Waals surface area contributed by atoms with Crippen LogP contribution in [-0.2, 0) is 13.0 Å². The van der Waals surface area contributed by atoms with Crippen LogP contribution in [0.1, 0.15) is 28.4 Å². The number of aromatic nitrogens is 2. The van der Waals surface area contributed by atoms with E-state index in [0.29, 0.717) is 23.0 Å². The molecule has 6 heteroatoms. The van der Waals surface area contributed by atoms with Crippen molar-refractivity contribution < 1.29 is 9.53 Å². The Bertz CT molecular complexity index is 1120. The average Bonchev–Trinajstić information content (AvgIpc) is 3.20. The van der Waals surface area contributed by atoms with Crippen molar-refractivity contribution in [2.75, 3.05) is 12.0 Å². The van der Waals surface area contributed by atoms with Crippen molar-refractivity contribution in [3.63, 3.8) is 0 Å². The molecule has 4 rings (SSSR count). The molecule has 0 aliphatic heterocycles. The average molecular weight is 404 g/mol. The van der Waals surface area contributed by atoms with Crippen LogP contribution in [-0.4, -0.2) is 23.0 Å². The normalized spacial score (nSPS) is 10.8. The van der Waals surface area contributed by atoms with Crippen LogP contribution in [0.4, 0.5) is 5.13 Å². The summed E-state index contributed by atoms with van der Waals surface area (Å²) in [4.78, 5) is 24.0. The van der Waals surface area contributed by atoms with E-state index in [1.54, 1.807) is 48.7 Å². The molecular weight excluding hydrogens is 382 g/mol. The number of amides is 1. The zero-order chi connectivity index (χ0) is 20.2. The van der Waals surface area contributed by atoms with Crippen LogP contribution in [0.15, 0.2) is 67.0 Å². The molecule has 0 spiro atoms. The quantitative estimate of drug-likeness (QED) is 0.449. The van der Waals surface area contributed by atoms with Crippen molar-refractivity contribution in [3.8, 4) is 5.75 Å². The number of carbonyl (C=O) groups is 1. The van der Waals surface area contributed by atoms with Crippen LogP contribution in [0.25, 0.3) is 10.2 Å². The molecule has 4 aromatic rings. The van der Waals surface area contributed by atoms with Gasteiger partial charge in [-0.1, -0.05) is 30.4 Å². The Hall–Kier alpha value is -3.25. The number of ether oxygens (including phenoxy) is 1. The van der Waals surface area contributed by atoms with Crippen LogP contribution in [0.5, 0.6) is 5.75 Å². The predicted octanol–water partition coefficient (Wildman–Crippen LogP) is 5.11. The molecule has 0 aliphatic carbocycles. The van der Waals surface area contributed by atoms with Crippen molar-refractivity contribution in [3.05, 3.63) is 83.7 Å². The minimum Gasteiger partial charge on any atom is -0.497 e. The maximum atomic E-state index is 13.4. The number of methoxy groups -OCH3 is 1. The minimum absolute atomic E-state index is 0.105. The first-order valence-electron chi connectivity index (χ1n) is 9.42. The Balaban J connectivity index is 1.74. The van der Waals surface area contributed by atoms with Gasteiger partial charge in [-0.3, -0.25) is 14.7 Å². The second kappa shape index (κ2) is 8.41. The lowest BCUT2D eigenvalue weighted by Gasteiger charge is -2.20. The highest BCUT2D eigenvalue weighted by Crippen LogP contribution is 2.31. The van der Waals surface area contributed by atoms with Crippen molar-refractivity contribution in [1.29, 1.82) is 0 Å². The van der Waals surface area contributed by atoms with Gasteiger partial charge in [-0.05, 0) is 60.0 Å². The number of pyridine rings is 1. The Morgan fingerprint density at radius 3 is 2.62 bits per heavy atom. The molecule has 1 amide bonds. The monoisotopic (exact) mass is 403 g/mol. The van der Waals surface area contributed by atoms with Gasteiger partial charge < -0.3 is 4.74 Å². The number of nitrogens with zero attached hydrogens (tertiary/aromatic N) is 3. The van der Waals surface area contributed by atoms with Crippen molar-refractivity contribution in [1.82, 2.24) is 9.97 Å². The first-order chi connectivity index (χ1) is 14.2. The maximum absolute atomic E-state index is 13.4. The summed E-state index contributed by atoms with van der Waals surface area (Å²) in [5, 5.41) is 0.679. The molecular formula is C23H21N3O2S. The molecule has 0 fully saturated rings. The summed E-state index contributed by atoms with van der Waals surface area (Å²) in [6.07, 6.45) is 4.47. The molecule has 0 radical (unpaired) electrons. The second-order valence-electron chi connectivity index (χ2n) is 6.63. The van der Waals surface area contributed by atoms with Crippen LogP contribution >= 0.6 is 11.3 Å². The van der Waals surface area contributed by atoms with E-state index in [2.05, 4.69) is 24.0 Å². The lowest BCUT2D eigenvalue weighted by Crippen LogP contribution is -2.30. The van der Waals surface area contributed by atoms with Crippen LogP contribution in [0, 0.1) is 0 Å². The van der Waals surface area contributed by atoms with E-state index in [9.17, 15) is 4.79 Å². The number of fused-ring (bicyclic) bond motifs is 1. The predicted molar refractivity (Wildman–Crippen MR) is 117 cm³/mol. The number of hydrogen-bond donors (Lipinski definition) is 0. The Morgan fingerprint density at radius 2 is 1.93 bits per heavy atom. The standard InChI is InChI=1S/C23H21N3O2S/c1-3-16-6-11-20-21(13-16)29-23(25-20)26(15-17-5-4-12-24-14-17)22(27)18-7-9-19(28-2)10-8-18/h4-14H,3,15H2,1-2H3. The topological polar surface area (TPSA) is 55.3 Å². The molecule has 146 valence electrons. The number of carbonyl (C=O) groups excluding carboxylic acids is 1. The molecule has 0 saturated heterocycles. The molecule has 0 bridgehead atoms. The molecule has 2 aromatic heterocycles. The van der Waals surface area contributed by atoms with Crippen LogP contribution in [0.3, 0.4) is 0 Å². The summed E-state index contributed by atoms with van der Waals surface area (Å²) in [7, 11) is 1.61. The SMILES string of the molecule is CCc1ccc2nc(N(Cc3cccnc3)C(=O)c3ccc(OC)cc3)sc2c1. The van der Waals surface area contributed by atoms with E-state index in [0.717, 1.165) is 22.2 Å². The van der Waals surface area contributed by atoms with Gasteiger partial charge in [-0.2, -0.15) is 0 Å². The van der Waals surface area contributed by atoms with Gasteiger partial charge in [0.2, 0.25) is 0 Å². The van der Waals surface area contributed by atoms with Crippen LogP contribution in [0.2, 0.25) is 0 Å². The summed E-state index contributed by atoms with van der Waals surface area (Å²) in [5.74, 6) is 0.610. The third-order valence-electron chi connectivity index (χ3n) is 4.73. The number of anilines is 1. The number of rotatable bonds is 6. The van der Waals surface area contributed by atoms with E-state index >= 15 is 0 Å². The molecule has 0 atom stereocenters. The van der Waals surface area contributed by atoms with E-state index in [1.807, 2.05) is 18.2 Å². The third-order valence-corrected chi connectivity index (χ3v) is 5.77. The summed E-state index contributed by atoms with van der Waals surface area (Å²) in [6, 6.07) is 17.2. The van der Waals surface area contributed by atoms with E-state index in [4.69, 9.17) is 9.72 Å². The van der Waals surface area contributed by atoms with Gasteiger partial charge in [-0.25, -0.2) is 4.98 Å². The highest BCUT2D eigenvalue weighted by Gasteiger charge is 2.22. The first-order valence-corrected chi connectivity index (χ1v) is 10.2. The van der Waals surface area contributed by atoms with E-state index in [1.165, 1.54) is 16.9 Å². The Labute approximate surface area is 173 Å². The van der Waals surface area contributed by atoms with Gasteiger partial charge in [0, 0.05) is 18.0 Å². The van der Waals surface area contributed by atoms with Gasteiger partial charge in [0.15, 0.2) is 5.13 Å². The zero-order valence-electron chi connectivity index (χ0n) is 16.3. The minimum atomic E-state index is -0.105. The van der Waals surface area contributed by atoms with E-state index < -0.39 is 0 Å². The molecule has 0 unspecified atom stereocenters. The fourth-order valence-electron chi connectivity index (χ4n) is 3.08. The van der Waals surface area contributed by atoms with Gasteiger partial charge >= 0.3 is 0 Å². The highest BCUT2D eigenvalue weighted by molar-refractivity contribution is 7.22. The molecule has 0 N–H and O–H groups in total. The number of benzene rings is 2. The third kappa shape index (κ3) is 4.12. The molecule has 2 heterocycles. The maximum Gasteiger partial charge on any atom is 0.260 e. The molecule has 2 aromatic carbocycles. The van der Waals surface area contributed by atoms with Crippen molar-refractivity contribution in [2.24, 2.45) is 0 Å².